The maximum Gasteiger partial charge on any atom is 0.168 e. The zero-order valence-electron chi connectivity index (χ0n) is 14.9. The fourth-order valence-electron chi connectivity index (χ4n) is 2.86. The molecule has 26 heavy (non-hydrogen) atoms. The Morgan fingerprint density at radius 3 is 2.96 bits per heavy atom. The monoisotopic (exact) mass is 377 g/mol. The summed E-state index contributed by atoms with van der Waals surface area (Å²) in [5.74, 6) is 0.584. The minimum absolute atomic E-state index is 0.0829. The van der Waals surface area contributed by atoms with Crippen LogP contribution in [0.5, 0.6) is 0 Å². The average Bonchev–Trinajstić information content (AvgIpc) is 2.60. The SMILES string of the molecule is C=CCON=C(CC)C1=C(O)CC(CCSc2cccc(F)c2)CC1=O. The van der Waals surface area contributed by atoms with Gasteiger partial charge in [0.25, 0.3) is 0 Å². The average molecular weight is 377 g/mol. The first-order valence-electron chi connectivity index (χ1n) is 8.68. The number of aliphatic hydroxyl groups is 1. The van der Waals surface area contributed by atoms with Crippen LogP contribution < -0.4 is 0 Å². The van der Waals surface area contributed by atoms with Gasteiger partial charge >= 0.3 is 0 Å². The summed E-state index contributed by atoms with van der Waals surface area (Å²) in [4.78, 5) is 18.4. The fourth-order valence-corrected chi connectivity index (χ4v) is 3.92. The summed E-state index contributed by atoms with van der Waals surface area (Å²) in [5.41, 5.74) is 0.771. The molecule has 0 saturated heterocycles. The van der Waals surface area contributed by atoms with E-state index in [0.717, 1.165) is 17.1 Å². The van der Waals surface area contributed by atoms with Gasteiger partial charge in [0.05, 0.1) is 11.3 Å². The Bertz CT molecular complexity index is 715. The summed E-state index contributed by atoms with van der Waals surface area (Å²) < 4.78 is 13.2. The van der Waals surface area contributed by atoms with Crippen LogP contribution >= 0.6 is 11.8 Å². The molecule has 0 aromatic heterocycles. The van der Waals surface area contributed by atoms with Gasteiger partial charge < -0.3 is 9.94 Å². The molecule has 140 valence electrons. The highest BCUT2D eigenvalue weighted by Crippen LogP contribution is 2.31. The molecule has 0 fully saturated rings. The number of allylic oxidation sites excluding steroid dienone is 2. The van der Waals surface area contributed by atoms with E-state index in [1.807, 2.05) is 13.0 Å². The third-order valence-electron chi connectivity index (χ3n) is 4.11. The first kappa shape index (κ1) is 20.2. The van der Waals surface area contributed by atoms with E-state index >= 15 is 0 Å². The van der Waals surface area contributed by atoms with Crippen molar-refractivity contribution < 1.29 is 19.1 Å². The van der Waals surface area contributed by atoms with Crippen LogP contribution in [0.1, 0.15) is 32.6 Å². The zero-order valence-corrected chi connectivity index (χ0v) is 15.7. The number of hydrogen-bond acceptors (Lipinski definition) is 5. The van der Waals surface area contributed by atoms with Crippen LogP contribution in [0.2, 0.25) is 0 Å². The van der Waals surface area contributed by atoms with Crippen molar-refractivity contribution in [2.75, 3.05) is 12.4 Å². The van der Waals surface area contributed by atoms with Crippen molar-refractivity contribution in [3.05, 3.63) is 54.1 Å². The lowest BCUT2D eigenvalue weighted by atomic mass is 9.83. The lowest BCUT2D eigenvalue weighted by molar-refractivity contribution is -0.116. The van der Waals surface area contributed by atoms with E-state index in [9.17, 15) is 14.3 Å². The predicted octanol–water partition coefficient (Wildman–Crippen LogP) is 5.07. The number of thioether (sulfide) groups is 1. The number of oxime groups is 1. The molecule has 6 heteroatoms. The van der Waals surface area contributed by atoms with Crippen LogP contribution in [0, 0.1) is 11.7 Å². The minimum Gasteiger partial charge on any atom is -0.511 e. The quantitative estimate of drug-likeness (QED) is 0.215. The van der Waals surface area contributed by atoms with E-state index in [0.29, 0.717) is 30.5 Å². The molecule has 0 bridgehead atoms. The third kappa shape index (κ3) is 5.73. The van der Waals surface area contributed by atoms with E-state index in [1.54, 1.807) is 23.9 Å². The predicted molar refractivity (Wildman–Crippen MR) is 103 cm³/mol. The molecule has 4 nitrogen and oxygen atoms in total. The Labute approximate surface area is 157 Å². The second-order valence-corrected chi connectivity index (χ2v) is 7.26. The number of carbonyl (C=O) groups excluding carboxylic acids is 1. The van der Waals surface area contributed by atoms with Crippen molar-refractivity contribution in [2.45, 2.75) is 37.5 Å². The third-order valence-corrected chi connectivity index (χ3v) is 5.13. The van der Waals surface area contributed by atoms with Gasteiger partial charge in [0.15, 0.2) is 5.78 Å². The van der Waals surface area contributed by atoms with E-state index in [2.05, 4.69) is 11.7 Å². The number of Topliss-reactive ketones (excluding diaryl/α,β-unsaturated/α-hetero) is 1. The molecule has 2 rings (SSSR count). The van der Waals surface area contributed by atoms with Crippen molar-refractivity contribution in [3.8, 4) is 0 Å². The number of aliphatic hydroxyl groups excluding tert-OH is 1. The molecule has 1 aliphatic rings. The molecule has 0 heterocycles. The number of rotatable bonds is 9. The molecule has 1 unspecified atom stereocenters. The minimum atomic E-state index is -0.252. The Morgan fingerprint density at radius 1 is 1.50 bits per heavy atom. The van der Waals surface area contributed by atoms with Gasteiger partial charge in [-0.3, -0.25) is 4.79 Å². The van der Waals surface area contributed by atoms with Crippen LogP contribution in [0.25, 0.3) is 0 Å². The first-order chi connectivity index (χ1) is 12.5. The summed E-state index contributed by atoms with van der Waals surface area (Å²) in [5, 5.41) is 14.3. The van der Waals surface area contributed by atoms with Crippen LogP contribution in [0.4, 0.5) is 4.39 Å². The van der Waals surface area contributed by atoms with Gasteiger partial charge in [0.1, 0.15) is 18.2 Å². The highest BCUT2D eigenvalue weighted by Gasteiger charge is 2.30. The maximum absolute atomic E-state index is 13.2. The van der Waals surface area contributed by atoms with Gasteiger partial charge in [0, 0.05) is 17.7 Å². The summed E-state index contributed by atoms with van der Waals surface area (Å²) in [6, 6.07) is 6.46. The van der Waals surface area contributed by atoms with Crippen molar-refractivity contribution in [3.63, 3.8) is 0 Å². The van der Waals surface area contributed by atoms with Crippen LogP contribution in [0.15, 0.2) is 58.3 Å². The van der Waals surface area contributed by atoms with Gasteiger partial charge in [-0.15, -0.1) is 11.8 Å². The summed E-state index contributed by atoms with van der Waals surface area (Å²) in [7, 11) is 0. The molecule has 1 atom stereocenters. The topological polar surface area (TPSA) is 58.9 Å². The van der Waals surface area contributed by atoms with Crippen LogP contribution in [-0.2, 0) is 9.63 Å². The van der Waals surface area contributed by atoms with Crippen molar-refractivity contribution in [1.29, 1.82) is 0 Å². The lowest BCUT2D eigenvalue weighted by Crippen LogP contribution is -2.25. The number of benzene rings is 1. The first-order valence-corrected chi connectivity index (χ1v) is 9.67. The summed E-state index contributed by atoms with van der Waals surface area (Å²) >= 11 is 1.55. The maximum atomic E-state index is 13.2. The Morgan fingerprint density at radius 2 is 2.31 bits per heavy atom. The molecule has 1 aliphatic carbocycles. The van der Waals surface area contributed by atoms with Gasteiger partial charge in [-0.05, 0) is 42.7 Å². The molecule has 0 aliphatic heterocycles. The van der Waals surface area contributed by atoms with E-state index in [-0.39, 0.29) is 29.9 Å². The number of carbonyl (C=O) groups is 1. The van der Waals surface area contributed by atoms with Crippen LogP contribution in [-0.4, -0.2) is 29.0 Å². The molecule has 0 spiro atoms. The number of nitrogens with zero attached hydrogens (tertiary/aromatic N) is 1. The second-order valence-electron chi connectivity index (χ2n) is 6.09. The van der Waals surface area contributed by atoms with Crippen molar-refractivity contribution in [1.82, 2.24) is 0 Å². The van der Waals surface area contributed by atoms with E-state index in [4.69, 9.17) is 4.84 Å². The molecule has 0 saturated carbocycles. The molecule has 0 amide bonds. The Kier molecular flexibility index (Phi) is 7.91. The largest absolute Gasteiger partial charge is 0.511 e. The molecular formula is C20H24FNO3S. The highest BCUT2D eigenvalue weighted by atomic mass is 32.2. The summed E-state index contributed by atoms with van der Waals surface area (Å²) in [6.45, 7) is 5.67. The fraction of sp³-hybridized carbons (Fsp3) is 0.400. The molecule has 0 radical (unpaired) electrons. The van der Waals surface area contributed by atoms with Gasteiger partial charge in [-0.1, -0.05) is 30.8 Å². The van der Waals surface area contributed by atoms with E-state index < -0.39 is 0 Å². The van der Waals surface area contributed by atoms with Crippen LogP contribution in [0.3, 0.4) is 0 Å². The highest BCUT2D eigenvalue weighted by molar-refractivity contribution is 7.99. The van der Waals surface area contributed by atoms with Gasteiger partial charge in [0.2, 0.25) is 0 Å². The summed E-state index contributed by atoms with van der Waals surface area (Å²) in [6.07, 6.45) is 3.67. The zero-order chi connectivity index (χ0) is 18.9. The number of halogens is 1. The molecule has 1 N–H and O–H groups in total. The number of ketones is 1. The molecule has 1 aromatic rings. The lowest BCUT2D eigenvalue weighted by Gasteiger charge is -2.23. The normalized spacial score (nSPS) is 18.2. The Hall–Kier alpha value is -2.08. The Balaban J connectivity index is 1.95. The molecule has 1 aromatic carbocycles. The van der Waals surface area contributed by atoms with Gasteiger partial charge in [-0.25, -0.2) is 4.39 Å². The van der Waals surface area contributed by atoms with Crippen molar-refractivity contribution in [2.24, 2.45) is 11.1 Å². The second kappa shape index (κ2) is 10.2. The smallest absolute Gasteiger partial charge is 0.168 e. The molecular weight excluding hydrogens is 353 g/mol. The van der Waals surface area contributed by atoms with Crippen molar-refractivity contribution >= 4 is 23.3 Å². The van der Waals surface area contributed by atoms with Gasteiger partial charge in [-0.2, -0.15) is 0 Å². The van der Waals surface area contributed by atoms with E-state index in [1.165, 1.54) is 12.1 Å². The standard InChI is InChI=1S/C20H24FNO3S/c1-3-9-25-22-17(4-2)20-18(23)11-14(12-19(20)24)8-10-26-16-7-5-6-15(21)13-16/h3,5-7,13-14,23H,1,4,8-12H2,2H3. The number of hydrogen-bond donors (Lipinski definition) is 1.